The lowest BCUT2D eigenvalue weighted by Gasteiger charge is -2.02. The van der Waals surface area contributed by atoms with Crippen LogP contribution in [0.4, 0.5) is 8.78 Å². The Morgan fingerprint density at radius 2 is 2.08 bits per heavy atom. The van der Waals surface area contributed by atoms with E-state index in [1.54, 1.807) is 6.20 Å². The maximum absolute atomic E-state index is 12.2. The molecule has 5 heteroatoms. The highest BCUT2D eigenvalue weighted by Crippen LogP contribution is 2.26. The van der Waals surface area contributed by atoms with Crippen LogP contribution in [0.15, 0.2) is 10.7 Å². The van der Waals surface area contributed by atoms with Crippen LogP contribution in [0.2, 0.25) is 0 Å². The zero-order valence-electron chi connectivity index (χ0n) is 6.76. The third-order valence-electron chi connectivity index (χ3n) is 1.45. The molecule has 0 N–H and O–H groups in total. The van der Waals surface area contributed by atoms with Gasteiger partial charge in [-0.2, -0.15) is 5.10 Å². The van der Waals surface area contributed by atoms with Crippen molar-refractivity contribution < 1.29 is 8.78 Å². The second kappa shape index (κ2) is 3.51. The molecule has 1 aromatic heterocycles. The summed E-state index contributed by atoms with van der Waals surface area (Å²) in [5, 5.41) is 3.73. The fraction of sp³-hybridized carbons (Fsp3) is 0.571. The van der Waals surface area contributed by atoms with Crippen LogP contribution >= 0.6 is 15.9 Å². The van der Waals surface area contributed by atoms with Crippen molar-refractivity contribution >= 4 is 15.9 Å². The van der Waals surface area contributed by atoms with Crippen LogP contribution in [0.3, 0.4) is 0 Å². The topological polar surface area (TPSA) is 17.8 Å². The highest BCUT2D eigenvalue weighted by atomic mass is 79.9. The third-order valence-corrected chi connectivity index (χ3v) is 2.06. The molecule has 0 aliphatic rings. The highest BCUT2D eigenvalue weighted by molar-refractivity contribution is 9.10. The molecular formula is C7H9BrF2N2. The lowest BCUT2D eigenvalue weighted by Crippen LogP contribution is -2.01. The summed E-state index contributed by atoms with van der Waals surface area (Å²) in [6.07, 6.45) is -0.953. The first kappa shape index (κ1) is 9.64. The lowest BCUT2D eigenvalue weighted by atomic mass is 10.4. The largest absolute Gasteiger partial charge is 0.283 e. The van der Waals surface area contributed by atoms with Crippen LogP contribution in [-0.4, -0.2) is 9.78 Å². The molecule has 0 aliphatic heterocycles. The monoisotopic (exact) mass is 238 g/mol. The zero-order chi connectivity index (χ0) is 9.30. The quantitative estimate of drug-likeness (QED) is 0.774. The van der Waals surface area contributed by atoms with Crippen LogP contribution in [0.25, 0.3) is 0 Å². The van der Waals surface area contributed by atoms with Crippen molar-refractivity contribution in [3.05, 3.63) is 16.4 Å². The van der Waals surface area contributed by atoms with Crippen LogP contribution in [-0.2, 0) is 0 Å². The van der Waals surface area contributed by atoms with Gasteiger partial charge in [0.05, 0.1) is 4.47 Å². The third kappa shape index (κ3) is 1.83. The molecule has 68 valence electrons. The summed E-state index contributed by atoms with van der Waals surface area (Å²) in [6.45, 7) is 3.77. The summed E-state index contributed by atoms with van der Waals surface area (Å²) in [6, 6.07) is 0.105. The lowest BCUT2D eigenvalue weighted by molar-refractivity contribution is 0.144. The first-order valence-corrected chi connectivity index (χ1v) is 4.34. The average Bonchev–Trinajstić information content (AvgIpc) is 2.30. The van der Waals surface area contributed by atoms with Gasteiger partial charge in [0.1, 0.15) is 5.69 Å². The van der Waals surface area contributed by atoms with Gasteiger partial charge in [-0.25, -0.2) is 8.78 Å². The Hall–Kier alpha value is -0.450. The SMILES string of the molecule is CC(C)n1cc(Br)c(C(F)F)n1. The molecule has 0 amide bonds. The highest BCUT2D eigenvalue weighted by Gasteiger charge is 2.16. The molecule has 0 aromatic carbocycles. The Morgan fingerprint density at radius 3 is 2.33 bits per heavy atom. The van der Waals surface area contributed by atoms with Crippen molar-refractivity contribution in [1.82, 2.24) is 9.78 Å². The van der Waals surface area contributed by atoms with Gasteiger partial charge >= 0.3 is 0 Å². The van der Waals surface area contributed by atoms with Crippen molar-refractivity contribution in [2.75, 3.05) is 0 Å². The number of rotatable bonds is 2. The fourth-order valence-electron chi connectivity index (χ4n) is 0.796. The van der Waals surface area contributed by atoms with Crippen molar-refractivity contribution in [3.63, 3.8) is 0 Å². The average molecular weight is 239 g/mol. The minimum atomic E-state index is -2.51. The van der Waals surface area contributed by atoms with Crippen molar-refractivity contribution in [1.29, 1.82) is 0 Å². The number of alkyl halides is 2. The van der Waals surface area contributed by atoms with Crippen LogP contribution < -0.4 is 0 Å². The summed E-state index contributed by atoms with van der Waals surface area (Å²) in [7, 11) is 0. The molecular weight excluding hydrogens is 230 g/mol. The molecule has 0 bridgehead atoms. The molecule has 0 fully saturated rings. The summed E-state index contributed by atoms with van der Waals surface area (Å²) >= 11 is 3.02. The molecule has 0 saturated carbocycles. The van der Waals surface area contributed by atoms with E-state index in [0.717, 1.165) is 0 Å². The fourth-order valence-corrected chi connectivity index (χ4v) is 1.26. The van der Waals surface area contributed by atoms with Gasteiger partial charge in [-0.1, -0.05) is 0 Å². The molecule has 0 spiro atoms. The Balaban J connectivity index is 3.00. The Labute approximate surface area is 77.7 Å². The number of hydrogen-bond acceptors (Lipinski definition) is 1. The van der Waals surface area contributed by atoms with E-state index in [0.29, 0.717) is 4.47 Å². The van der Waals surface area contributed by atoms with E-state index in [9.17, 15) is 8.78 Å². The van der Waals surface area contributed by atoms with E-state index in [-0.39, 0.29) is 11.7 Å². The summed E-state index contributed by atoms with van der Waals surface area (Å²) in [4.78, 5) is 0. The van der Waals surface area contributed by atoms with E-state index in [1.165, 1.54) is 4.68 Å². The second-order valence-corrected chi connectivity index (χ2v) is 3.59. The van der Waals surface area contributed by atoms with Crippen molar-refractivity contribution in [3.8, 4) is 0 Å². The Morgan fingerprint density at radius 1 is 1.50 bits per heavy atom. The summed E-state index contributed by atoms with van der Waals surface area (Å²) in [5.74, 6) is 0. The first-order chi connectivity index (χ1) is 5.52. The molecule has 0 saturated heterocycles. The Kier molecular flexibility index (Phi) is 2.82. The minimum Gasteiger partial charge on any atom is -0.269 e. The van der Waals surface area contributed by atoms with E-state index in [1.807, 2.05) is 13.8 Å². The molecule has 0 atom stereocenters. The molecule has 1 rings (SSSR count). The number of nitrogens with zero attached hydrogens (tertiary/aromatic N) is 2. The standard InChI is InChI=1S/C7H9BrF2N2/c1-4(2)12-3-5(8)6(11-12)7(9)10/h3-4,7H,1-2H3. The van der Waals surface area contributed by atoms with Gasteiger partial charge in [-0.15, -0.1) is 0 Å². The maximum Gasteiger partial charge on any atom is 0.283 e. The van der Waals surface area contributed by atoms with E-state index in [2.05, 4.69) is 21.0 Å². The number of halogens is 3. The first-order valence-electron chi connectivity index (χ1n) is 3.55. The molecule has 0 unspecified atom stereocenters. The summed E-state index contributed by atoms with van der Waals surface area (Å²) in [5.41, 5.74) is -0.191. The van der Waals surface area contributed by atoms with Gasteiger partial charge < -0.3 is 0 Å². The van der Waals surface area contributed by atoms with Crippen molar-refractivity contribution in [2.45, 2.75) is 26.3 Å². The van der Waals surface area contributed by atoms with E-state index in [4.69, 9.17) is 0 Å². The predicted octanol–water partition coefficient (Wildman–Crippen LogP) is 3.16. The molecule has 0 aliphatic carbocycles. The van der Waals surface area contributed by atoms with Gasteiger partial charge in [0.15, 0.2) is 0 Å². The molecule has 1 heterocycles. The van der Waals surface area contributed by atoms with Gasteiger partial charge in [-0.3, -0.25) is 4.68 Å². The van der Waals surface area contributed by atoms with Crippen LogP contribution in [0.1, 0.15) is 32.0 Å². The number of aromatic nitrogens is 2. The second-order valence-electron chi connectivity index (χ2n) is 2.74. The Bertz CT molecular complexity index is 270. The number of hydrogen-bond donors (Lipinski definition) is 0. The van der Waals surface area contributed by atoms with Gasteiger partial charge in [0.2, 0.25) is 0 Å². The molecule has 12 heavy (non-hydrogen) atoms. The minimum absolute atomic E-state index is 0.105. The molecule has 1 aromatic rings. The molecule has 2 nitrogen and oxygen atoms in total. The van der Waals surface area contributed by atoms with Crippen LogP contribution in [0, 0.1) is 0 Å². The van der Waals surface area contributed by atoms with Gasteiger partial charge in [-0.05, 0) is 29.8 Å². The van der Waals surface area contributed by atoms with E-state index >= 15 is 0 Å². The van der Waals surface area contributed by atoms with Crippen molar-refractivity contribution in [2.24, 2.45) is 0 Å². The predicted molar refractivity (Wildman–Crippen MR) is 45.3 cm³/mol. The zero-order valence-corrected chi connectivity index (χ0v) is 8.35. The smallest absolute Gasteiger partial charge is 0.269 e. The normalized spacial score (nSPS) is 11.6. The van der Waals surface area contributed by atoms with Crippen LogP contribution in [0.5, 0.6) is 0 Å². The van der Waals surface area contributed by atoms with Gasteiger partial charge in [0, 0.05) is 12.2 Å². The maximum atomic E-state index is 12.2. The van der Waals surface area contributed by atoms with E-state index < -0.39 is 6.43 Å². The summed E-state index contributed by atoms with van der Waals surface area (Å²) < 4.78 is 26.3. The molecule has 0 radical (unpaired) electrons. The van der Waals surface area contributed by atoms with Gasteiger partial charge in [0.25, 0.3) is 6.43 Å².